The van der Waals surface area contributed by atoms with Crippen molar-refractivity contribution in [3.63, 3.8) is 0 Å². The van der Waals surface area contributed by atoms with E-state index < -0.39 is 0 Å². The summed E-state index contributed by atoms with van der Waals surface area (Å²) < 4.78 is 5.70. The summed E-state index contributed by atoms with van der Waals surface area (Å²) in [6, 6.07) is 2.62. The van der Waals surface area contributed by atoms with Crippen LogP contribution in [0, 0.1) is 6.92 Å². The van der Waals surface area contributed by atoms with Gasteiger partial charge in [-0.3, -0.25) is 0 Å². The van der Waals surface area contributed by atoms with Crippen LogP contribution in [0.15, 0.2) is 6.07 Å². The first kappa shape index (κ1) is 14.7. The van der Waals surface area contributed by atoms with Gasteiger partial charge in [0.05, 0.1) is 7.11 Å². The van der Waals surface area contributed by atoms with Crippen molar-refractivity contribution in [2.75, 3.05) is 13.7 Å². The van der Waals surface area contributed by atoms with Gasteiger partial charge in [0.25, 0.3) is 0 Å². The van der Waals surface area contributed by atoms with Crippen molar-refractivity contribution in [2.24, 2.45) is 0 Å². The van der Waals surface area contributed by atoms with E-state index in [0.29, 0.717) is 12.0 Å². The molecule has 1 aromatic rings. The van der Waals surface area contributed by atoms with Gasteiger partial charge in [-0.15, -0.1) is 0 Å². The molecule has 2 nitrogen and oxygen atoms in total. The van der Waals surface area contributed by atoms with Gasteiger partial charge < -0.3 is 10.1 Å². The fourth-order valence-corrected chi connectivity index (χ4v) is 3.12. The Kier molecular flexibility index (Phi) is 4.75. The summed E-state index contributed by atoms with van der Waals surface area (Å²) in [5, 5.41) is 4.41. The number of hydrogen-bond donors (Lipinski definition) is 1. The molecule has 0 saturated carbocycles. The molecule has 0 bridgehead atoms. The Bertz CT molecular complexity index is 451. The molecule has 1 heterocycles. The van der Waals surface area contributed by atoms with Crippen LogP contribution in [0.1, 0.15) is 49.3 Å². The van der Waals surface area contributed by atoms with E-state index in [4.69, 9.17) is 16.3 Å². The van der Waals surface area contributed by atoms with Crippen LogP contribution in [-0.2, 0) is 6.42 Å². The normalized spacial score (nSPS) is 19.2. The van der Waals surface area contributed by atoms with Crippen LogP contribution in [0.3, 0.4) is 0 Å². The Morgan fingerprint density at radius 1 is 1.47 bits per heavy atom. The number of halogens is 1. The second kappa shape index (κ2) is 6.15. The lowest BCUT2D eigenvalue weighted by molar-refractivity contribution is 0.399. The minimum Gasteiger partial charge on any atom is -0.496 e. The molecule has 0 spiro atoms. The monoisotopic (exact) mass is 281 g/mol. The minimum absolute atomic E-state index is 0.420. The highest BCUT2D eigenvalue weighted by Crippen LogP contribution is 2.37. The zero-order valence-corrected chi connectivity index (χ0v) is 13.1. The number of ether oxygens (including phenoxy) is 1. The maximum atomic E-state index is 6.40. The molecule has 1 unspecified atom stereocenters. The van der Waals surface area contributed by atoms with Gasteiger partial charge in [0, 0.05) is 16.6 Å². The molecule has 1 fully saturated rings. The third-order valence-electron chi connectivity index (χ3n) is 4.07. The van der Waals surface area contributed by atoms with E-state index in [1.54, 1.807) is 7.11 Å². The number of benzene rings is 1. The number of nitrogens with one attached hydrogen (secondary N) is 1. The van der Waals surface area contributed by atoms with Crippen molar-refractivity contribution in [3.05, 3.63) is 27.8 Å². The third kappa shape index (κ3) is 3.06. The van der Waals surface area contributed by atoms with Crippen LogP contribution in [0.4, 0.5) is 0 Å². The average Bonchev–Trinajstić information content (AvgIpc) is 2.87. The molecule has 0 amide bonds. The Labute approximate surface area is 121 Å². The minimum atomic E-state index is 0.420. The Balaban J connectivity index is 2.43. The summed E-state index contributed by atoms with van der Waals surface area (Å²) in [5.74, 6) is 1.45. The van der Waals surface area contributed by atoms with E-state index in [9.17, 15) is 0 Å². The van der Waals surface area contributed by atoms with Crippen molar-refractivity contribution in [1.29, 1.82) is 0 Å². The van der Waals surface area contributed by atoms with Gasteiger partial charge in [0.15, 0.2) is 0 Å². The molecule has 1 atom stereocenters. The van der Waals surface area contributed by atoms with E-state index in [2.05, 4.69) is 32.2 Å². The maximum absolute atomic E-state index is 6.40. The van der Waals surface area contributed by atoms with E-state index in [1.807, 2.05) is 0 Å². The standard InChI is InChI=1S/C16H24ClNO/c1-10(2)13-9-15(17)11(3)14(16(13)19-4)8-12-6-5-7-18-12/h9-10,12,18H,5-8H2,1-4H3. The second-order valence-electron chi connectivity index (χ2n) is 5.74. The SMILES string of the molecule is COc1c(C(C)C)cc(Cl)c(C)c1CC1CCCN1. The molecule has 1 aromatic carbocycles. The summed E-state index contributed by atoms with van der Waals surface area (Å²) in [6.07, 6.45) is 3.52. The lowest BCUT2D eigenvalue weighted by Gasteiger charge is -2.21. The lowest BCUT2D eigenvalue weighted by atomic mass is 9.92. The van der Waals surface area contributed by atoms with Crippen LogP contribution in [0.5, 0.6) is 5.75 Å². The summed E-state index contributed by atoms with van der Waals surface area (Å²) in [6.45, 7) is 7.59. The molecule has 106 valence electrons. The van der Waals surface area contributed by atoms with Crippen molar-refractivity contribution >= 4 is 11.6 Å². The van der Waals surface area contributed by atoms with Gasteiger partial charge in [-0.25, -0.2) is 0 Å². The predicted molar refractivity (Wildman–Crippen MR) is 81.6 cm³/mol. The summed E-state index contributed by atoms with van der Waals surface area (Å²) >= 11 is 6.40. The van der Waals surface area contributed by atoms with E-state index in [-0.39, 0.29) is 0 Å². The highest BCUT2D eigenvalue weighted by atomic mass is 35.5. The quantitative estimate of drug-likeness (QED) is 0.898. The Hall–Kier alpha value is -0.730. The van der Waals surface area contributed by atoms with Crippen molar-refractivity contribution in [2.45, 2.75) is 52.0 Å². The zero-order valence-electron chi connectivity index (χ0n) is 12.3. The molecule has 2 rings (SSSR count). The first-order valence-corrected chi connectivity index (χ1v) is 7.51. The fourth-order valence-electron chi connectivity index (χ4n) is 2.89. The molecular weight excluding hydrogens is 258 g/mol. The van der Waals surface area contributed by atoms with Gasteiger partial charge >= 0.3 is 0 Å². The molecule has 3 heteroatoms. The first-order chi connectivity index (χ1) is 9.04. The second-order valence-corrected chi connectivity index (χ2v) is 6.14. The molecule has 19 heavy (non-hydrogen) atoms. The topological polar surface area (TPSA) is 21.3 Å². The zero-order chi connectivity index (χ0) is 14.0. The van der Waals surface area contributed by atoms with E-state index in [0.717, 1.165) is 29.3 Å². The molecule has 1 N–H and O–H groups in total. The highest BCUT2D eigenvalue weighted by molar-refractivity contribution is 6.31. The average molecular weight is 282 g/mol. The lowest BCUT2D eigenvalue weighted by Crippen LogP contribution is -2.24. The summed E-state index contributed by atoms with van der Waals surface area (Å²) in [7, 11) is 1.76. The Morgan fingerprint density at radius 2 is 2.21 bits per heavy atom. The number of rotatable bonds is 4. The fraction of sp³-hybridized carbons (Fsp3) is 0.625. The third-order valence-corrected chi connectivity index (χ3v) is 4.46. The molecule has 0 aliphatic carbocycles. The van der Waals surface area contributed by atoms with Crippen LogP contribution in [0.25, 0.3) is 0 Å². The molecule has 1 aliphatic rings. The number of hydrogen-bond acceptors (Lipinski definition) is 2. The predicted octanol–water partition coefficient (Wildman–Crippen LogP) is 4.07. The number of methoxy groups -OCH3 is 1. The first-order valence-electron chi connectivity index (χ1n) is 7.13. The van der Waals surface area contributed by atoms with E-state index in [1.165, 1.54) is 24.0 Å². The van der Waals surface area contributed by atoms with Crippen LogP contribution < -0.4 is 10.1 Å². The van der Waals surface area contributed by atoms with E-state index >= 15 is 0 Å². The van der Waals surface area contributed by atoms with Crippen molar-refractivity contribution < 1.29 is 4.74 Å². The molecule has 0 aromatic heterocycles. The van der Waals surface area contributed by atoms with Crippen molar-refractivity contribution in [1.82, 2.24) is 5.32 Å². The van der Waals surface area contributed by atoms with Gasteiger partial charge in [-0.1, -0.05) is 25.4 Å². The van der Waals surface area contributed by atoms with Crippen LogP contribution >= 0.6 is 11.6 Å². The smallest absolute Gasteiger partial charge is 0.125 e. The van der Waals surface area contributed by atoms with Crippen LogP contribution in [-0.4, -0.2) is 19.7 Å². The van der Waals surface area contributed by atoms with Crippen molar-refractivity contribution in [3.8, 4) is 5.75 Å². The summed E-state index contributed by atoms with van der Waals surface area (Å²) in [5.41, 5.74) is 3.65. The molecule has 0 radical (unpaired) electrons. The summed E-state index contributed by atoms with van der Waals surface area (Å²) in [4.78, 5) is 0. The van der Waals surface area contributed by atoms with Gasteiger partial charge in [-0.05, 0) is 55.8 Å². The van der Waals surface area contributed by atoms with Crippen LogP contribution in [0.2, 0.25) is 5.02 Å². The Morgan fingerprint density at radius 3 is 2.74 bits per heavy atom. The molecule has 1 aliphatic heterocycles. The highest BCUT2D eigenvalue weighted by Gasteiger charge is 2.22. The maximum Gasteiger partial charge on any atom is 0.125 e. The van der Waals surface area contributed by atoms with Gasteiger partial charge in [0.2, 0.25) is 0 Å². The van der Waals surface area contributed by atoms with Gasteiger partial charge in [0.1, 0.15) is 5.75 Å². The molecule has 1 saturated heterocycles. The van der Waals surface area contributed by atoms with Gasteiger partial charge in [-0.2, -0.15) is 0 Å². The molecular formula is C16H24ClNO. The largest absolute Gasteiger partial charge is 0.496 e.